The molecule has 5 heteroatoms. The maximum Gasteiger partial charge on any atom is 0.416 e. The number of hydrogen-bond donors (Lipinski definition) is 1. The third kappa shape index (κ3) is 3.22. The van der Waals surface area contributed by atoms with Gasteiger partial charge in [-0.2, -0.15) is 13.2 Å². The molecule has 94 valence electrons. The van der Waals surface area contributed by atoms with Crippen molar-refractivity contribution < 1.29 is 23.1 Å². The van der Waals surface area contributed by atoms with Crippen molar-refractivity contribution in [2.45, 2.75) is 25.9 Å². The van der Waals surface area contributed by atoms with Crippen LogP contribution in [-0.4, -0.2) is 11.1 Å². The second-order valence-electron chi connectivity index (χ2n) is 4.04. The highest BCUT2D eigenvalue weighted by atomic mass is 19.4. The summed E-state index contributed by atoms with van der Waals surface area (Å²) in [5.74, 6) is -2.21. The zero-order valence-corrected chi connectivity index (χ0v) is 9.45. The second-order valence-corrected chi connectivity index (χ2v) is 4.04. The fraction of sp³-hybridized carbons (Fsp3) is 0.417. The Morgan fingerprint density at radius 1 is 1.29 bits per heavy atom. The molecule has 0 aliphatic rings. The molecule has 2 atom stereocenters. The lowest BCUT2D eigenvalue weighted by molar-refractivity contribution is -0.141. The number of benzene rings is 1. The molecule has 1 aromatic rings. The van der Waals surface area contributed by atoms with Crippen molar-refractivity contribution in [3.05, 3.63) is 35.4 Å². The molecule has 0 fully saturated rings. The lowest BCUT2D eigenvalue weighted by Crippen LogP contribution is -2.17. The van der Waals surface area contributed by atoms with Crippen LogP contribution in [-0.2, 0) is 11.0 Å². The number of carboxylic acids is 1. The molecule has 17 heavy (non-hydrogen) atoms. The number of carbonyl (C=O) groups is 1. The van der Waals surface area contributed by atoms with Crippen LogP contribution in [0.5, 0.6) is 0 Å². The monoisotopic (exact) mass is 246 g/mol. The molecule has 1 aromatic carbocycles. The predicted octanol–water partition coefficient (Wildman–Crippen LogP) is 3.53. The van der Waals surface area contributed by atoms with Gasteiger partial charge in [0.2, 0.25) is 0 Å². The van der Waals surface area contributed by atoms with Crippen LogP contribution in [0.3, 0.4) is 0 Å². The fourth-order valence-electron chi connectivity index (χ4n) is 1.50. The highest BCUT2D eigenvalue weighted by Gasteiger charge is 2.31. The lowest BCUT2D eigenvalue weighted by atomic mass is 9.88. The Bertz CT molecular complexity index is 412. The summed E-state index contributed by atoms with van der Waals surface area (Å²) in [6.07, 6.45) is -4.40. The summed E-state index contributed by atoms with van der Waals surface area (Å²) in [4.78, 5) is 10.8. The molecular weight excluding hydrogens is 233 g/mol. The average Bonchev–Trinajstić information content (AvgIpc) is 2.26. The summed E-state index contributed by atoms with van der Waals surface area (Å²) in [6.45, 7) is 3.08. The molecule has 0 spiro atoms. The number of aliphatic carboxylic acids is 1. The van der Waals surface area contributed by atoms with Crippen LogP contribution >= 0.6 is 0 Å². The molecule has 0 aromatic heterocycles. The lowest BCUT2D eigenvalue weighted by Gasteiger charge is -2.17. The Balaban J connectivity index is 3.04. The maximum atomic E-state index is 12.5. The molecule has 0 saturated carbocycles. The molecule has 1 rings (SSSR count). The molecule has 2 unspecified atom stereocenters. The van der Waals surface area contributed by atoms with Crippen LogP contribution in [0.25, 0.3) is 0 Å². The maximum absolute atomic E-state index is 12.5. The summed E-state index contributed by atoms with van der Waals surface area (Å²) < 4.78 is 37.4. The summed E-state index contributed by atoms with van der Waals surface area (Å²) in [5.41, 5.74) is -0.367. The third-order valence-corrected chi connectivity index (χ3v) is 2.88. The number of halogens is 3. The topological polar surface area (TPSA) is 37.3 Å². The van der Waals surface area contributed by atoms with E-state index in [1.165, 1.54) is 19.1 Å². The standard InChI is InChI=1S/C12H13F3O2/c1-7(8(2)11(16)17)9-4-3-5-10(6-9)12(13,14)15/h3-8H,1-2H3,(H,16,17). The Morgan fingerprint density at radius 3 is 2.35 bits per heavy atom. The molecule has 0 saturated heterocycles. The van der Waals surface area contributed by atoms with E-state index in [1.54, 1.807) is 6.92 Å². The van der Waals surface area contributed by atoms with Crippen LogP contribution in [0, 0.1) is 5.92 Å². The molecule has 1 N–H and O–H groups in total. The minimum Gasteiger partial charge on any atom is -0.481 e. The predicted molar refractivity (Wildman–Crippen MR) is 56.7 cm³/mol. The third-order valence-electron chi connectivity index (χ3n) is 2.88. The van der Waals surface area contributed by atoms with Crippen LogP contribution in [0.15, 0.2) is 24.3 Å². The highest BCUT2D eigenvalue weighted by molar-refractivity contribution is 5.70. The molecule has 0 aliphatic carbocycles. The molecule has 0 bridgehead atoms. The van der Waals surface area contributed by atoms with Crippen LogP contribution in [0.1, 0.15) is 30.9 Å². The molecule has 0 aliphatic heterocycles. The van der Waals surface area contributed by atoms with Crippen molar-refractivity contribution in [1.29, 1.82) is 0 Å². The molecule has 0 heterocycles. The number of alkyl halides is 3. The van der Waals surface area contributed by atoms with E-state index in [4.69, 9.17) is 5.11 Å². The Kier molecular flexibility index (Phi) is 3.80. The molecule has 0 radical (unpaired) electrons. The van der Waals surface area contributed by atoms with E-state index in [0.29, 0.717) is 5.56 Å². The first-order valence-corrected chi connectivity index (χ1v) is 5.13. The van der Waals surface area contributed by atoms with Gasteiger partial charge in [-0.1, -0.05) is 32.0 Å². The highest BCUT2D eigenvalue weighted by Crippen LogP contribution is 2.32. The Labute approximate surface area is 97.1 Å². The van der Waals surface area contributed by atoms with Gasteiger partial charge < -0.3 is 5.11 Å². The minimum absolute atomic E-state index is 0.384. The van der Waals surface area contributed by atoms with Gasteiger partial charge in [-0.3, -0.25) is 4.79 Å². The van der Waals surface area contributed by atoms with Gasteiger partial charge in [0.05, 0.1) is 11.5 Å². The van der Waals surface area contributed by atoms with Gasteiger partial charge >= 0.3 is 12.1 Å². The smallest absolute Gasteiger partial charge is 0.416 e. The first kappa shape index (κ1) is 13.5. The molecule has 2 nitrogen and oxygen atoms in total. The van der Waals surface area contributed by atoms with E-state index in [2.05, 4.69) is 0 Å². The zero-order chi connectivity index (χ0) is 13.2. The second kappa shape index (κ2) is 4.77. The first-order chi connectivity index (χ1) is 7.73. The van der Waals surface area contributed by atoms with Crippen LogP contribution < -0.4 is 0 Å². The number of carboxylic acid groups (broad SMARTS) is 1. The van der Waals surface area contributed by atoms with Gasteiger partial charge in [0.1, 0.15) is 0 Å². The minimum atomic E-state index is -4.40. The molecule has 0 amide bonds. The Morgan fingerprint density at radius 2 is 1.88 bits per heavy atom. The van der Waals surface area contributed by atoms with E-state index in [9.17, 15) is 18.0 Å². The van der Waals surface area contributed by atoms with Gasteiger partial charge in [-0.25, -0.2) is 0 Å². The van der Waals surface area contributed by atoms with E-state index >= 15 is 0 Å². The van der Waals surface area contributed by atoms with Crippen molar-refractivity contribution in [3.8, 4) is 0 Å². The summed E-state index contributed by atoms with van der Waals surface area (Å²) >= 11 is 0. The quantitative estimate of drug-likeness (QED) is 0.885. The van der Waals surface area contributed by atoms with Gasteiger partial charge in [0.15, 0.2) is 0 Å². The van der Waals surface area contributed by atoms with E-state index in [0.717, 1.165) is 12.1 Å². The average molecular weight is 246 g/mol. The van der Waals surface area contributed by atoms with Crippen molar-refractivity contribution in [1.82, 2.24) is 0 Å². The zero-order valence-electron chi connectivity index (χ0n) is 9.45. The van der Waals surface area contributed by atoms with E-state index in [1.807, 2.05) is 0 Å². The Hall–Kier alpha value is -1.52. The largest absolute Gasteiger partial charge is 0.481 e. The summed E-state index contributed by atoms with van der Waals surface area (Å²) in [5, 5.41) is 8.82. The van der Waals surface area contributed by atoms with Crippen LogP contribution in [0.2, 0.25) is 0 Å². The number of rotatable bonds is 3. The van der Waals surface area contributed by atoms with E-state index < -0.39 is 29.5 Å². The van der Waals surface area contributed by atoms with Gasteiger partial charge in [0, 0.05) is 0 Å². The summed E-state index contributed by atoms with van der Waals surface area (Å²) in [6, 6.07) is 4.79. The first-order valence-electron chi connectivity index (χ1n) is 5.13. The van der Waals surface area contributed by atoms with E-state index in [-0.39, 0.29) is 0 Å². The van der Waals surface area contributed by atoms with Crippen LogP contribution in [0.4, 0.5) is 13.2 Å². The van der Waals surface area contributed by atoms with Crippen molar-refractivity contribution in [2.24, 2.45) is 5.92 Å². The van der Waals surface area contributed by atoms with Crippen molar-refractivity contribution >= 4 is 5.97 Å². The van der Waals surface area contributed by atoms with Gasteiger partial charge in [-0.05, 0) is 17.5 Å². The SMILES string of the molecule is CC(C(=O)O)C(C)c1cccc(C(F)(F)F)c1. The fourth-order valence-corrected chi connectivity index (χ4v) is 1.50. The normalized spacial score (nSPS) is 15.4. The summed E-state index contributed by atoms with van der Waals surface area (Å²) in [7, 11) is 0. The molecular formula is C12H13F3O2. The van der Waals surface area contributed by atoms with Crippen molar-refractivity contribution in [3.63, 3.8) is 0 Å². The van der Waals surface area contributed by atoms with Gasteiger partial charge in [-0.15, -0.1) is 0 Å². The number of hydrogen-bond acceptors (Lipinski definition) is 1. The van der Waals surface area contributed by atoms with Gasteiger partial charge in [0.25, 0.3) is 0 Å². The van der Waals surface area contributed by atoms with Crippen molar-refractivity contribution in [2.75, 3.05) is 0 Å².